The van der Waals surface area contributed by atoms with Crippen LogP contribution in [0.15, 0.2) is 158 Å². The number of aliphatic carboxylic acids is 1. The predicted octanol–water partition coefficient (Wildman–Crippen LogP) is 6.55. The molecule has 0 saturated heterocycles. The SMILES string of the molecule is O=C(O)C1Cc2ccccc2CN1S(=O)(=O)Cc1ccccc1.O=C(OCCCc1cccnc1)C1Cc2ccccc2CN1S(=O)(=O)Cc1ccccc1.OCCCc1cccnc1. The second-order valence-electron chi connectivity index (χ2n) is 15.7. The van der Waals surface area contributed by atoms with Gasteiger partial charge < -0.3 is 14.9 Å². The van der Waals surface area contributed by atoms with E-state index in [1.807, 2.05) is 103 Å². The van der Waals surface area contributed by atoms with Gasteiger partial charge in [0.15, 0.2) is 0 Å². The van der Waals surface area contributed by atoms with Crippen LogP contribution in [-0.2, 0) is 84.7 Å². The molecular weight excluding hydrogens is 865 g/mol. The number of aryl methyl sites for hydroxylation is 2. The Morgan fingerprint density at radius 3 is 1.42 bits per heavy atom. The van der Waals surface area contributed by atoms with Crippen molar-refractivity contribution in [2.75, 3.05) is 13.2 Å². The van der Waals surface area contributed by atoms with Gasteiger partial charge in [-0.05, 0) is 82.3 Å². The number of carboxylic acid groups (broad SMARTS) is 1. The molecule has 340 valence electrons. The van der Waals surface area contributed by atoms with E-state index in [-0.39, 0.29) is 44.2 Å². The zero-order chi connectivity index (χ0) is 46.1. The number of aliphatic hydroxyl groups is 1. The molecule has 0 amide bonds. The topological polar surface area (TPSA) is 184 Å². The number of hydrogen-bond acceptors (Lipinski definition) is 10. The standard InChI is InChI=1S/C25H26N2O4S.C17H17NO4S.C8H11NO/c28-25(31-15-7-11-20-10-6-14-26-17-20)24-16-22-12-4-5-13-23(22)18-27(24)32(29,30)19-21-8-2-1-3-9-21;19-17(20)16-10-14-8-4-5-9-15(14)11-18(16)23(21,22)12-13-6-2-1-3-7-13;10-6-2-4-8-3-1-5-9-7-8/h1-6,8-10,12-14,17,24H,7,11,15-16,18-19H2;1-9,16H,10-12H2,(H,19,20);1,3,5,7,10H,2,4,6H2. The summed E-state index contributed by atoms with van der Waals surface area (Å²) in [5.41, 5.74) is 7.26. The van der Waals surface area contributed by atoms with Gasteiger partial charge in [0.25, 0.3) is 0 Å². The Kier molecular flexibility index (Phi) is 17.6. The number of hydrogen-bond donors (Lipinski definition) is 2. The summed E-state index contributed by atoms with van der Waals surface area (Å²) in [6.45, 7) is 0.760. The van der Waals surface area contributed by atoms with Crippen molar-refractivity contribution in [3.05, 3.63) is 203 Å². The first-order valence-corrected chi connectivity index (χ1v) is 24.6. The average molecular weight is 919 g/mol. The summed E-state index contributed by atoms with van der Waals surface area (Å²) in [7, 11) is -7.44. The third-order valence-electron chi connectivity index (χ3n) is 11.0. The highest BCUT2D eigenvalue weighted by atomic mass is 32.2. The van der Waals surface area contributed by atoms with Crippen molar-refractivity contribution in [1.82, 2.24) is 18.6 Å². The fourth-order valence-electron chi connectivity index (χ4n) is 7.65. The van der Waals surface area contributed by atoms with E-state index < -0.39 is 44.1 Å². The number of rotatable bonds is 15. The van der Waals surface area contributed by atoms with E-state index in [0.717, 1.165) is 51.4 Å². The smallest absolute Gasteiger partial charge is 0.324 e. The van der Waals surface area contributed by atoms with Crippen LogP contribution in [0.25, 0.3) is 0 Å². The van der Waals surface area contributed by atoms with Gasteiger partial charge in [0.05, 0.1) is 18.1 Å². The van der Waals surface area contributed by atoms with Gasteiger partial charge in [0, 0.05) is 57.3 Å². The lowest BCUT2D eigenvalue weighted by molar-refractivity contribution is -0.148. The molecule has 2 atom stereocenters. The number of carbonyl (C=O) groups is 2. The van der Waals surface area contributed by atoms with E-state index in [2.05, 4.69) is 9.97 Å². The number of aromatic nitrogens is 2. The quantitative estimate of drug-likeness (QED) is 0.0842. The second-order valence-corrected chi connectivity index (χ2v) is 19.6. The molecular formula is C50H54N4O9S2. The van der Waals surface area contributed by atoms with E-state index in [9.17, 15) is 31.5 Å². The number of carbonyl (C=O) groups excluding carboxylic acids is 1. The molecule has 0 aliphatic carbocycles. The zero-order valence-electron chi connectivity index (χ0n) is 36.0. The Morgan fingerprint density at radius 2 is 0.969 bits per heavy atom. The van der Waals surface area contributed by atoms with Gasteiger partial charge in [-0.3, -0.25) is 19.6 Å². The van der Waals surface area contributed by atoms with Crippen molar-refractivity contribution in [1.29, 1.82) is 0 Å². The summed E-state index contributed by atoms with van der Waals surface area (Å²) in [5, 5.41) is 18.0. The maximum absolute atomic E-state index is 13.3. The van der Waals surface area contributed by atoms with Crippen LogP contribution >= 0.6 is 0 Å². The van der Waals surface area contributed by atoms with Crippen LogP contribution in [0.3, 0.4) is 0 Å². The van der Waals surface area contributed by atoms with Crippen LogP contribution in [0.2, 0.25) is 0 Å². The first-order valence-electron chi connectivity index (χ1n) is 21.4. The minimum absolute atomic E-state index is 0.0995. The van der Waals surface area contributed by atoms with Crippen molar-refractivity contribution in [3.8, 4) is 0 Å². The number of pyridine rings is 2. The third-order valence-corrected chi connectivity index (χ3v) is 14.6. The maximum atomic E-state index is 13.3. The molecule has 2 aromatic heterocycles. The predicted molar refractivity (Wildman–Crippen MR) is 248 cm³/mol. The van der Waals surface area contributed by atoms with E-state index >= 15 is 0 Å². The molecule has 2 N–H and O–H groups in total. The zero-order valence-corrected chi connectivity index (χ0v) is 37.6. The monoisotopic (exact) mass is 918 g/mol. The fraction of sp³-hybridized carbons (Fsp3) is 0.280. The molecule has 65 heavy (non-hydrogen) atoms. The van der Waals surface area contributed by atoms with Crippen LogP contribution in [0.5, 0.6) is 0 Å². The Bertz CT molecular complexity index is 2660. The molecule has 2 unspecified atom stereocenters. The maximum Gasteiger partial charge on any atom is 0.324 e. The molecule has 13 nitrogen and oxygen atoms in total. The number of carboxylic acids is 1. The number of fused-ring (bicyclic) bond motifs is 2. The minimum Gasteiger partial charge on any atom is -0.480 e. The van der Waals surface area contributed by atoms with Gasteiger partial charge >= 0.3 is 11.9 Å². The number of benzene rings is 4. The second kappa shape index (κ2) is 23.7. The van der Waals surface area contributed by atoms with Crippen LogP contribution in [0.1, 0.15) is 57.3 Å². The molecule has 8 rings (SSSR count). The Balaban J connectivity index is 0.000000184. The molecule has 4 aromatic carbocycles. The first-order chi connectivity index (χ1) is 31.4. The number of nitrogens with zero attached hydrogens (tertiary/aromatic N) is 4. The number of sulfonamides is 2. The molecule has 15 heteroatoms. The van der Waals surface area contributed by atoms with Crippen LogP contribution in [-0.4, -0.2) is 82.9 Å². The van der Waals surface area contributed by atoms with Crippen molar-refractivity contribution < 1.29 is 41.4 Å². The van der Waals surface area contributed by atoms with Crippen LogP contribution in [0.4, 0.5) is 0 Å². The average Bonchev–Trinajstić information content (AvgIpc) is 3.32. The van der Waals surface area contributed by atoms with E-state index in [1.165, 1.54) is 9.87 Å². The summed E-state index contributed by atoms with van der Waals surface area (Å²) < 4.78 is 60.1. The summed E-state index contributed by atoms with van der Waals surface area (Å²) in [4.78, 5) is 32.6. The van der Waals surface area contributed by atoms with Gasteiger partial charge in [0.1, 0.15) is 12.1 Å². The largest absolute Gasteiger partial charge is 0.480 e. The van der Waals surface area contributed by atoms with Gasteiger partial charge in [-0.15, -0.1) is 0 Å². The first kappa shape index (κ1) is 48.4. The van der Waals surface area contributed by atoms with Crippen LogP contribution in [0, 0.1) is 0 Å². The van der Waals surface area contributed by atoms with E-state index in [4.69, 9.17) is 9.84 Å². The lowest BCUT2D eigenvalue weighted by Crippen LogP contribution is -2.49. The van der Waals surface area contributed by atoms with Crippen molar-refractivity contribution in [2.45, 2.75) is 75.2 Å². The molecule has 6 aromatic rings. The van der Waals surface area contributed by atoms with Crippen molar-refractivity contribution in [2.24, 2.45) is 0 Å². The highest BCUT2D eigenvalue weighted by Gasteiger charge is 2.40. The number of esters is 1. The number of ether oxygens (including phenoxy) is 1. The Labute approximate surface area is 381 Å². The minimum atomic E-state index is -3.72. The lowest BCUT2D eigenvalue weighted by Gasteiger charge is -2.34. The fourth-order valence-corrected chi connectivity index (χ4v) is 11.0. The normalized spacial score (nSPS) is 16.0. The molecule has 4 heterocycles. The molecule has 0 bridgehead atoms. The van der Waals surface area contributed by atoms with Crippen LogP contribution < -0.4 is 0 Å². The third kappa shape index (κ3) is 14.2. The molecule has 0 radical (unpaired) electrons. The van der Waals surface area contributed by atoms with Gasteiger partial charge in [0.2, 0.25) is 20.0 Å². The molecule has 0 fully saturated rings. The van der Waals surface area contributed by atoms with Gasteiger partial charge in [-0.25, -0.2) is 16.8 Å². The Morgan fingerprint density at radius 1 is 0.554 bits per heavy atom. The van der Waals surface area contributed by atoms with Crippen molar-refractivity contribution in [3.63, 3.8) is 0 Å². The molecule has 2 aliphatic heterocycles. The Hall–Kier alpha value is -6.10. The lowest BCUT2D eigenvalue weighted by atomic mass is 9.96. The highest BCUT2D eigenvalue weighted by molar-refractivity contribution is 7.88. The van der Waals surface area contributed by atoms with Gasteiger partial charge in [-0.1, -0.05) is 121 Å². The molecule has 0 saturated carbocycles. The van der Waals surface area contributed by atoms with E-state index in [0.29, 0.717) is 24.0 Å². The molecule has 2 aliphatic rings. The summed E-state index contributed by atoms with van der Waals surface area (Å²) in [5.74, 6) is -1.96. The molecule has 0 spiro atoms. The summed E-state index contributed by atoms with van der Waals surface area (Å²) in [6.07, 6.45) is 10.7. The van der Waals surface area contributed by atoms with Gasteiger partial charge in [-0.2, -0.15) is 8.61 Å². The van der Waals surface area contributed by atoms with Crippen molar-refractivity contribution >= 4 is 32.0 Å². The summed E-state index contributed by atoms with van der Waals surface area (Å²) >= 11 is 0. The summed E-state index contributed by atoms with van der Waals surface area (Å²) in [6, 6.07) is 38.7. The number of aliphatic hydroxyl groups excluding tert-OH is 1. The highest BCUT2D eigenvalue weighted by Crippen LogP contribution is 2.29. The van der Waals surface area contributed by atoms with E-state index in [1.54, 1.807) is 55.0 Å².